The molecule has 1 saturated heterocycles. The lowest BCUT2D eigenvalue weighted by Gasteiger charge is -2.26. The first-order valence-corrected chi connectivity index (χ1v) is 13.0. The van der Waals surface area contributed by atoms with E-state index in [0.717, 1.165) is 22.3 Å². The van der Waals surface area contributed by atoms with Crippen LogP contribution in [0.4, 0.5) is 29.9 Å². The van der Waals surface area contributed by atoms with E-state index in [1.54, 1.807) is 0 Å². The molecule has 2 amide bonds. The number of likely N-dealkylation sites (tertiary alicyclic amines) is 1. The van der Waals surface area contributed by atoms with E-state index >= 15 is 8.78 Å². The summed E-state index contributed by atoms with van der Waals surface area (Å²) in [5, 5.41) is 13.1. The molecule has 0 radical (unpaired) electrons. The summed E-state index contributed by atoms with van der Waals surface area (Å²) in [6, 6.07) is 0.319. The monoisotopic (exact) mass is 582 g/mol. The molecule has 1 atom stereocenters. The van der Waals surface area contributed by atoms with Crippen LogP contribution in [0.5, 0.6) is 0 Å². The van der Waals surface area contributed by atoms with Gasteiger partial charge in [0.15, 0.2) is 16.5 Å². The molecule has 2 N–H and O–H groups in total. The molecule has 1 aromatic heterocycles. The normalized spacial score (nSPS) is 16.4. The topological polar surface area (TPSA) is 129 Å². The maximum Gasteiger partial charge on any atom is 0.430 e. The second-order valence-electron chi connectivity index (χ2n) is 8.32. The quantitative estimate of drug-likeness (QED) is 0.494. The molecule has 1 aliphatic heterocycles. The molecule has 2 aromatic rings. The van der Waals surface area contributed by atoms with Crippen LogP contribution in [0.15, 0.2) is 26.3 Å². The molecular weight excluding hydrogens is 562 g/mol. The first-order valence-electron chi connectivity index (χ1n) is 9.80. The molecule has 0 bridgehead atoms. The predicted molar refractivity (Wildman–Crippen MR) is 124 cm³/mol. The average molecular weight is 583 g/mol. The minimum Gasteiger partial charge on any atom is -0.465 e. The number of hydrogen-bond acceptors (Lipinski definition) is 8. The van der Waals surface area contributed by atoms with Crippen LogP contribution in [0, 0.1) is 11.6 Å². The number of anilines is 2. The van der Waals surface area contributed by atoms with Gasteiger partial charge in [0.05, 0.1) is 15.7 Å². The molecule has 1 unspecified atom stereocenters. The van der Waals surface area contributed by atoms with Gasteiger partial charge in [-0.3, -0.25) is 0 Å². The van der Waals surface area contributed by atoms with Crippen LogP contribution < -0.4 is 9.62 Å². The Kier molecular flexibility index (Phi) is 7.38. The smallest absolute Gasteiger partial charge is 0.430 e. The fourth-order valence-electron chi connectivity index (χ4n) is 3.21. The van der Waals surface area contributed by atoms with E-state index in [4.69, 9.17) is 9.84 Å². The van der Waals surface area contributed by atoms with Crippen LogP contribution in [0.3, 0.4) is 0 Å². The largest absolute Gasteiger partial charge is 0.465 e. The van der Waals surface area contributed by atoms with E-state index < -0.39 is 54.9 Å². The van der Waals surface area contributed by atoms with Crippen LogP contribution in [0.2, 0.25) is 0 Å². The van der Waals surface area contributed by atoms with Gasteiger partial charge in [-0.25, -0.2) is 31.8 Å². The summed E-state index contributed by atoms with van der Waals surface area (Å²) in [6.45, 7) is 4.83. The first-order chi connectivity index (χ1) is 15.7. The van der Waals surface area contributed by atoms with Crippen LogP contribution >= 0.6 is 27.3 Å². The molecular formula is C19H21BrF2N4O6S2. The Morgan fingerprint density at radius 2 is 2.06 bits per heavy atom. The van der Waals surface area contributed by atoms with Gasteiger partial charge < -0.3 is 20.1 Å². The van der Waals surface area contributed by atoms with Crippen molar-refractivity contribution in [2.75, 3.05) is 22.7 Å². The third-order valence-electron chi connectivity index (χ3n) is 4.62. The fourth-order valence-corrected chi connectivity index (χ4v) is 5.75. The molecule has 1 fully saturated rings. The van der Waals surface area contributed by atoms with Crippen LogP contribution in [0.25, 0.3) is 0 Å². The van der Waals surface area contributed by atoms with Gasteiger partial charge in [-0.2, -0.15) is 0 Å². The van der Waals surface area contributed by atoms with Crippen LogP contribution in [-0.2, 0) is 14.8 Å². The van der Waals surface area contributed by atoms with E-state index in [1.807, 2.05) is 0 Å². The summed E-state index contributed by atoms with van der Waals surface area (Å²) in [6.07, 6.45) is -2.11. The first kappa shape index (κ1) is 26.1. The molecule has 34 heavy (non-hydrogen) atoms. The van der Waals surface area contributed by atoms with Gasteiger partial charge in [-0.15, -0.1) is 15.6 Å². The minimum atomic E-state index is -5.13. The van der Waals surface area contributed by atoms with Crippen molar-refractivity contribution in [3.63, 3.8) is 0 Å². The lowest BCUT2D eigenvalue weighted by atomic mass is 10.2. The standard InChI is InChI=1S/C19H21BrF2N4O6S2/c1-19(2,3)32-18(29)26(13-8-33-9-23-13)34(30,31)16-11(21)6-12(14(20)15(16)22)24-10-4-5-25(7-10)17(27)28/h6,8-10,24H,4-5,7H2,1-3H3,(H,27,28). The Hall–Kier alpha value is -2.52. The number of halogens is 3. The maximum absolute atomic E-state index is 15.3. The Morgan fingerprint density at radius 3 is 2.59 bits per heavy atom. The number of hydrogen-bond donors (Lipinski definition) is 2. The van der Waals surface area contributed by atoms with Gasteiger partial charge >= 0.3 is 12.2 Å². The van der Waals surface area contributed by atoms with E-state index in [2.05, 4.69) is 26.2 Å². The number of aromatic nitrogens is 1. The predicted octanol–water partition coefficient (Wildman–Crippen LogP) is 4.48. The number of nitrogens with zero attached hydrogens (tertiary/aromatic N) is 3. The van der Waals surface area contributed by atoms with E-state index in [9.17, 15) is 18.0 Å². The van der Waals surface area contributed by atoms with E-state index in [1.165, 1.54) is 31.7 Å². The summed E-state index contributed by atoms with van der Waals surface area (Å²) in [7, 11) is -5.13. The van der Waals surface area contributed by atoms with Crippen molar-refractivity contribution in [1.29, 1.82) is 0 Å². The third kappa shape index (κ3) is 5.41. The number of thiazole rings is 1. The number of carboxylic acid groups (broad SMARTS) is 1. The number of amides is 2. The number of nitrogens with one attached hydrogen (secondary N) is 1. The van der Waals surface area contributed by atoms with Crippen molar-refractivity contribution in [3.8, 4) is 0 Å². The molecule has 10 nitrogen and oxygen atoms in total. The van der Waals surface area contributed by atoms with Gasteiger partial charge in [-0.05, 0) is 49.2 Å². The molecule has 2 heterocycles. The number of benzene rings is 1. The highest BCUT2D eigenvalue weighted by molar-refractivity contribution is 9.10. The van der Waals surface area contributed by atoms with Crippen molar-refractivity contribution in [3.05, 3.63) is 33.1 Å². The highest BCUT2D eigenvalue weighted by atomic mass is 79.9. The lowest BCUT2D eigenvalue weighted by molar-refractivity contribution is 0.0608. The Labute approximate surface area is 206 Å². The zero-order valence-electron chi connectivity index (χ0n) is 18.2. The van der Waals surface area contributed by atoms with Crippen molar-refractivity contribution < 1.29 is 36.6 Å². The van der Waals surface area contributed by atoms with Crippen LogP contribution in [0.1, 0.15) is 27.2 Å². The van der Waals surface area contributed by atoms with Crippen molar-refractivity contribution >= 4 is 61.0 Å². The summed E-state index contributed by atoms with van der Waals surface area (Å²) < 4.78 is 61.9. The minimum absolute atomic E-state index is 0.0846. The second-order valence-corrected chi connectivity index (χ2v) is 11.6. The molecule has 0 spiro atoms. The van der Waals surface area contributed by atoms with Crippen molar-refractivity contribution in [2.45, 2.75) is 43.7 Å². The van der Waals surface area contributed by atoms with E-state index in [0.29, 0.717) is 6.42 Å². The van der Waals surface area contributed by atoms with Crippen molar-refractivity contribution in [1.82, 2.24) is 9.88 Å². The second kappa shape index (κ2) is 9.62. The SMILES string of the molecule is CC(C)(C)OC(=O)N(c1cscn1)S(=O)(=O)c1c(F)cc(NC2CCN(C(=O)O)C2)c(Br)c1F. The summed E-state index contributed by atoms with van der Waals surface area (Å²) in [5.41, 5.74) is 0.0424. The van der Waals surface area contributed by atoms with Gasteiger partial charge in [0.1, 0.15) is 11.4 Å². The summed E-state index contributed by atoms with van der Waals surface area (Å²) in [5.74, 6) is -3.31. The highest BCUT2D eigenvalue weighted by Gasteiger charge is 2.40. The number of ether oxygens (including phenoxy) is 1. The number of carbonyl (C=O) groups is 2. The van der Waals surface area contributed by atoms with Gasteiger partial charge in [0.2, 0.25) is 0 Å². The Morgan fingerprint density at radius 1 is 1.38 bits per heavy atom. The molecule has 186 valence electrons. The molecule has 15 heteroatoms. The molecule has 1 aromatic carbocycles. The fraction of sp³-hybridized carbons (Fsp3) is 0.421. The molecule has 0 aliphatic carbocycles. The highest BCUT2D eigenvalue weighted by Crippen LogP contribution is 2.36. The van der Waals surface area contributed by atoms with Crippen molar-refractivity contribution in [2.24, 2.45) is 0 Å². The summed E-state index contributed by atoms with van der Waals surface area (Å²) >= 11 is 3.92. The third-order valence-corrected chi connectivity index (χ3v) is 7.68. The average Bonchev–Trinajstić information content (AvgIpc) is 3.36. The lowest BCUT2D eigenvalue weighted by Crippen LogP contribution is -2.42. The van der Waals surface area contributed by atoms with E-state index in [-0.39, 0.29) is 28.9 Å². The summed E-state index contributed by atoms with van der Waals surface area (Å²) in [4.78, 5) is 27.4. The zero-order chi connectivity index (χ0) is 25.4. The molecule has 3 rings (SSSR count). The maximum atomic E-state index is 15.3. The Bertz CT molecular complexity index is 1200. The molecule has 1 aliphatic rings. The van der Waals surface area contributed by atoms with Crippen LogP contribution in [-0.4, -0.2) is 60.3 Å². The van der Waals surface area contributed by atoms with Gasteiger partial charge in [0, 0.05) is 24.5 Å². The molecule has 0 saturated carbocycles. The number of carbonyl (C=O) groups excluding carboxylic acids is 1. The number of rotatable bonds is 5. The van der Waals surface area contributed by atoms with Gasteiger partial charge in [-0.1, -0.05) is 0 Å². The van der Waals surface area contributed by atoms with Gasteiger partial charge in [0.25, 0.3) is 10.0 Å². The number of sulfonamides is 1. The zero-order valence-corrected chi connectivity index (χ0v) is 21.4. The Balaban J connectivity index is 2.01.